The summed E-state index contributed by atoms with van der Waals surface area (Å²) in [6.45, 7) is 1.31. The molecule has 2 atom stereocenters. The molecule has 26 heavy (non-hydrogen) atoms. The second-order valence-electron chi connectivity index (χ2n) is 6.29. The van der Waals surface area contributed by atoms with Gasteiger partial charge in [0, 0.05) is 30.6 Å². The second kappa shape index (κ2) is 6.91. The quantitative estimate of drug-likeness (QED) is 0.788. The molecule has 2 unspecified atom stereocenters. The first-order valence-electron chi connectivity index (χ1n) is 8.14. The highest BCUT2D eigenvalue weighted by Gasteiger charge is 2.26. The number of fused-ring (bicyclic) bond motifs is 1. The van der Waals surface area contributed by atoms with E-state index >= 15 is 0 Å². The number of carbonyl (C=O) groups excluding carboxylic acids is 1. The van der Waals surface area contributed by atoms with Crippen LogP contribution in [0.1, 0.15) is 34.2 Å². The fourth-order valence-corrected chi connectivity index (χ4v) is 3.68. The lowest BCUT2D eigenvalue weighted by atomic mass is 9.84. The van der Waals surface area contributed by atoms with Crippen LogP contribution in [-0.4, -0.2) is 12.5 Å². The second-order valence-corrected chi connectivity index (χ2v) is 7.10. The highest BCUT2D eigenvalue weighted by molar-refractivity contribution is 6.42. The minimum Gasteiger partial charge on any atom is -0.312 e. The highest BCUT2D eigenvalue weighted by Crippen LogP contribution is 2.36. The van der Waals surface area contributed by atoms with Crippen LogP contribution in [0.15, 0.2) is 52.7 Å². The minimum atomic E-state index is -0.580. The van der Waals surface area contributed by atoms with Gasteiger partial charge in [0.15, 0.2) is 0 Å². The van der Waals surface area contributed by atoms with Gasteiger partial charge in [-0.3, -0.25) is 4.79 Å². The van der Waals surface area contributed by atoms with Crippen molar-refractivity contribution in [3.63, 3.8) is 0 Å². The number of nitrogens with one attached hydrogen (secondary N) is 1. The molecular formula is C19H14Cl2FN3O. The van der Waals surface area contributed by atoms with Gasteiger partial charge in [-0.05, 0) is 47.0 Å². The van der Waals surface area contributed by atoms with E-state index in [1.807, 2.05) is 12.1 Å². The van der Waals surface area contributed by atoms with Crippen LogP contribution in [0.3, 0.4) is 0 Å². The average Bonchev–Trinajstić information content (AvgIpc) is 2.64. The summed E-state index contributed by atoms with van der Waals surface area (Å²) in [5, 5.41) is 11.7. The number of carbonyl (C=O) groups is 1. The molecule has 132 valence electrons. The number of rotatable bonds is 2. The number of hydrogen-bond donors (Lipinski definition) is 1. The first kappa shape index (κ1) is 17.3. The Kier molecular flexibility index (Phi) is 4.61. The van der Waals surface area contributed by atoms with Gasteiger partial charge < -0.3 is 5.32 Å². The zero-order chi connectivity index (χ0) is 18.3. The largest absolute Gasteiger partial charge is 0.312 e. The van der Waals surface area contributed by atoms with Crippen molar-refractivity contribution in [1.82, 2.24) is 5.32 Å². The lowest BCUT2D eigenvalue weighted by Gasteiger charge is -2.28. The molecular weight excluding hydrogens is 376 g/mol. The third kappa shape index (κ3) is 3.18. The molecule has 0 fully saturated rings. The Bertz CT molecular complexity index is 942. The Morgan fingerprint density at radius 1 is 1.12 bits per heavy atom. The first-order valence-corrected chi connectivity index (χ1v) is 8.89. The number of azo groups is 1. The van der Waals surface area contributed by atoms with E-state index in [1.54, 1.807) is 24.3 Å². The fourth-order valence-electron chi connectivity index (χ4n) is 3.37. The molecule has 2 heterocycles. The Hall–Kier alpha value is -2.08. The standard InChI is InChI=1S/C19H14Cl2FN3O/c20-15-2-1-10(6-16(15)21)14-9-23-8-11-5-13(17(22)7-12(11)14)18-3-4-19(26)25-24-18/h1-7,14,18,23H,8-9H2. The van der Waals surface area contributed by atoms with Gasteiger partial charge in [-0.15, -0.1) is 5.11 Å². The van der Waals surface area contributed by atoms with Crippen molar-refractivity contribution < 1.29 is 9.18 Å². The van der Waals surface area contributed by atoms with Crippen molar-refractivity contribution >= 4 is 29.1 Å². The summed E-state index contributed by atoms with van der Waals surface area (Å²) in [6, 6.07) is 8.25. The average molecular weight is 390 g/mol. The van der Waals surface area contributed by atoms with Gasteiger partial charge in [0.05, 0.1) is 10.0 Å². The van der Waals surface area contributed by atoms with E-state index in [2.05, 4.69) is 15.5 Å². The van der Waals surface area contributed by atoms with Crippen molar-refractivity contribution in [1.29, 1.82) is 0 Å². The van der Waals surface area contributed by atoms with Crippen LogP contribution in [-0.2, 0) is 11.3 Å². The fraction of sp³-hybridized carbons (Fsp3) is 0.211. The molecule has 2 aromatic carbocycles. The third-order valence-corrected chi connectivity index (χ3v) is 5.40. The van der Waals surface area contributed by atoms with E-state index in [1.165, 1.54) is 6.08 Å². The monoisotopic (exact) mass is 389 g/mol. The molecule has 0 spiro atoms. The summed E-state index contributed by atoms with van der Waals surface area (Å²) in [5.74, 6) is -0.818. The normalized spacial score (nSPS) is 21.7. The molecule has 1 N–H and O–H groups in total. The number of hydrogen-bond acceptors (Lipinski definition) is 3. The van der Waals surface area contributed by atoms with E-state index in [4.69, 9.17) is 23.2 Å². The molecule has 0 saturated heterocycles. The summed E-state index contributed by atoms with van der Waals surface area (Å²) in [5.41, 5.74) is 3.29. The molecule has 2 aromatic rings. The van der Waals surface area contributed by atoms with Gasteiger partial charge in [0.25, 0.3) is 5.91 Å². The summed E-state index contributed by atoms with van der Waals surface area (Å²) < 4.78 is 14.8. The molecule has 4 rings (SSSR count). The van der Waals surface area contributed by atoms with Crippen molar-refractivity contribution in [2.45, 2.75) is 18.5 Å². The molecule has 0 aromatic heterocycles. The maximum atomic E-state index is 14.8. The van der Waals surface area contributed by atoms with Crippen LogP contribution >= 0.6 is 23.2 Å². The maximum absolute atomic E-state index is 14.8. The van der Waals surface area contributed by atoms with Gasteiger partial charge in [0.2, 0.25) is 0 Å². The predicted octanol–water partition coefficient (Wildman–Crippen LogP) is 4.96. The molecule has 0 bridgehead atoms. The van der Waals surface area contributed by atoms with Crippen molar-refractivity contribution in [2.24, 2.45) is 10.2 Å². The molecule has 2 aliphatic rings. The van der Waals surface area contributed by atoms with Crippen LogP contribution < -0.4 is 5.32 Å². The molecule has 2 aliphatic heterocycles. The molecule has 4 nitrogen and oxygen atoms in total. The van der Waals surface area contributed by atoms with Crippen molar-refractivity contribution in [3.8, 4) is 0 Å². The van der Waals surface area contributed by atoms with Crippen molar-refractivity contribution in [3.05, 3.63) is 80.6 Å². The summed E-state index contributed by atoms with van der Waals surface area (Å²) in [4.78, 5) is 11.1. The number of amides is 1. The van der Waals surface area contributed by atoms with E-state index < -0.39 is 11.9 Å². The molecule has 0 saturated carbocycles. The highest BCUT2D eigenvalue weighted by atomic mass is 35.5. The topological polar surface area (TPSA) is 53.8 Å². The minimum absolute atomic E-state index is 0.0258. The third-order valence-electron chi connectivity index (χ3n) is 4.66. The van der Waals surface area contributed by atoms with E-state index in [-0.39, 0.29) is 11.7 Å². The Labute approximate surface area is 159 Å². The summed E-state index contributed by atoms with van der Waals surface area (Å²) in [7, 11) is 0. The smallest absolute Gasteiger partial charge is 0.287 e. The zero-order valence-corrected chi connectivity index (χ0v) is 15.1. The lowest BCUT2D eigenvalue weighted by Crippen LogP contribution is -2.29. The SMILES string of the molecule is O=C1C=CC(c2cc3c(cc2F)C(c2ccc(Cl)c(Cl)c2)CNC3)N=N1. The van der Waals surface area contributed by atoms with E-state index in [0.29, 0.717) is 28.7 Å². The Morgan fingerprint density at radius 3 is 2.69 bits per heavy atom. The molecule has 1 amide bonds. The number of halogens is 3. The van der Waals surface area contributed by atoms with Gasteiger partial charge in [-0.2, -0.15) is 5.11 Å². The van der Waals surface area contributed by atoms with Gasteiger partial charge in [-0.1, -0.05) is 29.3 Å². The van der Waals surface area contributed by atoms with Crippen LogP contribution in [0.25, 0.3) is 0 Å². The Morgan fingerprint density at radius 2 is 1.96 bits per heavy atom. The van der Waals surface area contributed by atoms with E-state index in [0.717, 1.165) is 16.7 Å². The summed E-state index contributed by atoms with van der Waals surface area (Å²) in [6.07, 6.45) is 2.88. The zero-order valence-electron chi connectivity index (χ0n) is 13.5. The molecule has 7 heteroatoms. The lowest BCUT2D eigenvalue weighted by molar-refractivity contribution is -0.114. The number of nitrogens with zero attached hydrogens (tertiary/aromatic N) is 2. The van der Waals surface area contributed by atoms with Crippen LogP contribution in [0.5, 0.6) is 0 Å². The van der Waals surface area contributed by atoms with Gasteiger partial charge in [0.1, 0.15) is 11.9 Å². The molecule has 0 aliphatic carbocycles. The first-order chi connectivity index (χ1) is 12.5. The van der Waals surface area contributed by atoms with Crippen molar-refractivity contribution in [2.75, 3.05) is 6.54 Å². The van der Waals surface area contributed by atoms with Crippen LogP contribution in [0, 0.1) is 5.82 Å². The Balaban J connectivity index is 1.74. The summed E-state index contributed by atoms with van der Waals surface area (Å²) >= 11 is 12.2. The molecule has 0 radical (unpaired) electrons. The van der Waals surface area contributed by atoms with E-state index in [9.17, 15) is 9.18 Å². The van der Waals surface area contributed by atoms with Gasteiger partial charge >= 0.3 is 0 Å². The van der Waals surface area contributed by atoms with Gasteiger partial charge in [-0.25, -0.2) is 4.39 Å². The maximum Gasteiger partial charge on any atom is 0.287 e. The van der Waals surface area contributed by atoms with Crippen LogP contribution in [0.2, 0.25) is 10.0 Å². The van der Waals surface area contributed by atoms with Crippen LogP contribution in [0.4, 0.5) is 4.39 Å². The number of benzene rings is 2. The predicted molar refractivity (Wildman–Crippen MR) is 98.2 cm³/mol.